The zero-order valence-corrected chi connectivity index (χ0v) is 16.8. The van der Waals surface area contributed by atoms with Crippen LogP contribution >= 0.6 is 22.9 Å². The zero-order valence-electron chi connectivity index (χ0n) is 15.2. The fourth-order valence-corrected chi connectivity index (χ4v) is 4.54. The van der Waals surface area contributed by atoms with Crippen LogP contribution in [0.2, 0.25) is 5.02 Å². The lowest BCUT2D eigenvalue weighted by Crippen LogP contribution is -2.49. The Balaban J connectivity index is 1.48. The predicted molar refractivity (Wildman–Crippen MR) is 111 cm³/mol. The average Bonchev–Trinajstić information content (AvgIpc) is 3.16. The molecule has 0 spiro atoms. The summed E-state index contributed by atoms with van der Waals surface area (Å²) < 4.78 is 5.84. The smallest absolute Gasteiger partial charge is 0.338 e. The summed E-state index contributed by atoms with van der Waals surface area (Å²) in [5, 5.41) is 1.63. The summed E-state index contributed by atoms with van der Waals surface area (Å²) in [5.74, 6) is -0.660. The molecule has 1 fully saturated rings. The quantitative estimate of drug-likeness (QED) is 0.610. The Kier molecular flexibility index (Phi) is 5.19. The Labute approximate surface area is 171 Å². The summed E-state index contributed by atoms with van der Waals surface area (Å²) in [7, 11) is 1.31. The normalized spacial score (nSPS) is 14.4. The van der Waals surface area contributed by atoms with Gasteiger partial charge in [-0.15, -0.1) is 0 Å². The van der Waals surface area contributed by atoms with Crippen LogP contribution in [0.1, 0.15) is 20.7 Å². The van der Waals surface area contributed by atoms with Crippen LogP contribution in [0, 0.1) is 0 Å². The fraction of sp³-hybridized carbons (Fsp3) is 0.250. The number of fused-ring (bicyclic) bond motifs is 1. The first-order valence-corrected chi connectivity index (χ1v) is 10.0. The summed E-state index contributed by atoms with van der Waals surface area (Å²) in [5.41, 5.74) is 1.59. The Hall–Kier alpha value is -2.64. The SMILES string of the molecule is COC(=O)c1ccccc1C(=O)N1CCN(c2nc3ccc(Cl)cc3s2)CC1. The molecule has 0 bridgehead atoms. The fourth-order valence-electron chi connectivity index (χ4n) is 3.25. The van der Waals surface area contributed by atoms with Gasteiger partial charge in [0, 0.05) is 31.2 Å². The molecular weight excluding hydrogens is 398 g/mol. The van der Waals surface area contributed by atoms with Gasteiger partial charge in [-0.3, -0.25) is 4.79 Å². The van der Waals surface area contributed by atoms with Gasteiger partial charge in [0.25, 0.3) is 5.91 Å². The van der Waals surface area contributed by atoms with Crippen LogP contribution in [0.25, 0.3) is 10.2 Å². The maximum atomic E-state index is 12.9. The van der Waals surface area contributed by atoms with Crippen molar-refractivity contribution >= 4 is 50.2 Å². The first kappa shape index (κ1) is 18.7. The molecule has 0 aliphatic carbocycles. The number of halogens is 1. The minimum absolute atomic E-state index is 0.156. The van der Waals surface area contributed by atoms with Crippen LogP contribution in [-0.4, -0.2) is 55.0 Å². The van der Waals surface area contributed by atoms with E-state index in [1.165, 1.54) is 7.11 Å². The van der Waals surface area contributed by atoms with Gasteiger partial charge < -0.3 is 14.5 Å². The molecule has 1 aliphatic rings. The van der Waals surface area contributed by atoms with E-state index >= 15 is 0 Å². The maximum absolute atomic E-state index is 12.9. The molecule has 144 valence electrons. The Bertz CT molecular complexity index is 1040. The number of aromatic nitrogens is 1. The highest BCUT2D eigenvalue weighted by Crippen LogP contribution is 2.31. The van der Waals surface area contributed by atoms with Crippen molar-refractivity contribution < 1.29 is 14.3 Å². The summed E-state index contributed by atoms with van der Waals surface area (Å²) in [6.45, 7) is 2.48. The van der Waals surface area contributed by atoms with E-state index in [2.05, 4.69) is 9.88 Å². The maximum Gasteiger partial charge on any atom is 0.338 e. The number of carbonyl (C=O) groups is 2. The molecule has 3 aromatic rings. The van der Waals surface area contributed by atoms with E-state index in [0.717, 1.165) is 15.3 Å². The van der Waals surface area contributed by atoms with Crippen molar-refractivity contribution in [3.05, 3.63) is 58.6 Å². The van der Waals surface area contributed by atoms with E-state index in [-0.39, 0.29) is 5.91 Å². The third-order valence-electron chi connectivity index (χ3n) is 4.74. The average molecular weight is 416 g/mol. The molecule has 1 aromatic heterocycles. The van der Waals surface area contributed by atoms with Gasteiger partial charge >= 0.3 is 5.97 Å². The van der Waals surface area contributed by atoms with E-state index in [0.29, 0.717) is 42.3 Å². The van der Waals surface area contributed by atoms with Gasteiger partial charge in [0.1, 0.15) is 0 Å². The highest BCUT2D eigenvalue weighted by molar-refractivity contribution is 7.22. The van der Waals surface area contributed by atoms with Crippen molar-refractivity contribution in [3.8, 4) is 0 Å². The van der Waals surface area contributed by atoms with Crippen LogP contribution in [0.5, 0.6) is 0 Å². The molecule has 0 unspecified atom stereocenters. The van der Waals surface area contributed by atoms with E-state index in [1.54, 1.807) is 40.5 Å². The topological polar surface area (TPSA) is 62.7 Å². The summed E-state index contributed by atoms with van der Waals surface area (Å²) >= 11 is 7.66. The van der Waals surface area contributed by atoms with Crippen molar-refractivity contribution in [3.63, 3.8) is 0 Å². The first-order valence-electron chi connectivity index (χ1n) is 8.84. The van der Waals surface area contributed by atoms with E-state index in [9.17, 15) is 9.59 Å². The van der Waals surface area contributed by atoms with Gasteiger partial charge in [0.2, 0.25) is 0 Å². The van der Waals surface area contributed by atoms with E-state index < -0.39 is 5.97 Å². The summed E-state index contributed by atoms with van der Waals surface area (Å²) in [6.07, 6.45) is 0. The zero-order chi connectivity index (χ0) is 19.7. The number of anilines is 1. The Morgan fingerprint density at radius 2 is 1.79 bits per heavy atom. The largest absolute Gasteiger partial charge is 0.465 e. The molecule has 0 N–H and O–H groups in total. The number of hydrogen-bond donors (Lipinski definition) is 0. The van der Waals surface area contributed by atoms with E-state index in [1.807, 2.05) is 18.2 Å². The van der Waals surface area contributed by atoms with Crippen molar-refractivity contribution in [2.24, 2.45) is 0 Å². The highest BCUT2D eigenvalue weighted by atomic mass is 35.5. The molecule has 8 heteroatoms. The molecule has 0 saturated carbocycles. The van der Waals surface area contributed by atoms with Crippen molar-refractivity contribution in [1.82, 2.24) is 9.88 Å². The monoisotopic (exact) mass is 415 g/mol. The lowest BCUT2D eigenvalue weighted by atomic mass is 10.1. The lowest BCUT2D eigenvalue weighted by Gasteiger charge is -2.34. The Morgan fingerprint density at radius 3 is 2.50 bits per heavy atom. The number of methoxy groups -OCH3 is 1. The second-order valence-electron chi connectivity index (χ2n) is 6.42. The second kappa shape index (κ2) is 7.77. The molecule has 1 amide bonds. The molecule has 1 aliphatic heterocycles. The molecule has 0 atom stereocenters. The van der Waals surface area contributed by atoms with Crippen LogP contribution in [-0.2, 0) is 4.74 Å². The van der Waals surface area contributed by atoms with E-state index in [4.69, 9.17) is 16.3 Å². The number of nitrogens with zero attached hydrogens (tertiary/aromatic N) is 3. The number of esters is 1. The number of carbonyl (C=O) groups excluding carboxylic acids is 2. The molecule has 2 aromatic carbocycles. The molecular formula is C20H18ClN3O3S. The molecule has 6 nitrogen and oxygen atoms in total. The van der Waals surface area contributed by atoms with Crippen molar-refractivity contribution in [2.75, 3.05) is 38.2 Å². The number of amides is 1. The standard InChI is InChI=1S/C20H18ClN3O3S/c1-27-19(26)15-5-3-2-4-14(15)18(25)23-8-10-24(11-9-23)20-22-16-7-6-13(21)12-17(16)28-20/h2-7,12H,8-11H2,1H3. The first-order chi connectivity index (χ1) is 13.6. The number of rotatable bonds is 3. The number of benzene rings is 2. The van der Waals surface area contributed by atoms with Gasteiger partial charge in [-0.05, 0) is 30.3 Å². The van der Waals surface area contributed by atoms with Gasteiger partial charge in [0.05, 0.1) is 28.5 Å². The number of ether oxygens (including phenoxy) is 1. The molecule has 0 radical (unpaired) electrons. The second-order valence-corrected chi connectivity index (χ2v) is 7.87. The van der Waals surface area contributed by atoms with Crippen LogP contribution in [0.4, 0.5) is 5.13 Å². The van der Waals surface area contributed by atoms with Crippen LogP contribution < -0.4 is 4.90 Å². The third-order valence-corrected chi connectivity index (χ3v) is 6.05. The number of piperazine rings is 1. The van der Waals surface area contributed by atoms with Gasteiger partial charge in [-0.1, -0.05) is 35.1 Å². The summed E-state index contributed by atoms with van der Waals surface area (Å²) in [4.78, 5) is 33.5. The lowest BCUT2D eigenvalue weighted by molar-refractivity contribution is 0.0589. The number of thiazole rings is 1. The van der Waals surface area contributed by atoms with Gasteiger partial charge in [0.15, 0.2) is 5.13 Å². The van der Waals surface area contributed by atoms with Crippen LogP contribution in [0.3, 0.4) is 0 Å². The van der Waals surface area contributed by atoms with Crippen LogP contribution in [0.15, 0.2) is 42.5 Å². The minimum atomic E-state index is -0.504. The minimum Gasteiger partial charge on any atom is -0.465 e. The highest BCUT2D eigenvalue weighted by Gasteiger charge is 2.26. The molecule has 1 saturated heterocycles. The van der Waals surface area contributed by atoms with Crippen molar-refractivity contribution in [1.29, 1.82) is 0 Å². The number of hydrogen-bond acceptors (Lipinski definition) is 6. The molecule has 28 heavy (non-hydrogen) atoms. The van der Waals surface area contributed by atoms with Crippen molar-refractivity contribution in [2.45, 2.75) is 0 Å². The summed E-state index contributed by atoms with van der Waals surface area (Å²) in [6, 6.07) is 12.4. The molecule has 2 heterocycles. The third kappa shape index (κ3) is 3.55. The van der Waals surface area contributed by atoms with Gasteiger partial charge in [-0.25, -0.2) is 9.78 Å². The molecule has 4 rings (SSSR count). The Morgan fingerprint density at radius 1 is 1.07 bits per heavy atom. The van der Waals surface area contributed by atoms with Gasteiger partial charge in [-0.2, -0.15) is 0 Å². The predicted octanol–water partition coefficient (Wildman–Crippen LogP) is 3.70.